The normalized spacial score (nSPS) is 10.4. The van der Waals surface area contributed by atoms with E-state index in [-0.39, 0.29) is 19.4 Å². The first kappa shape index (κ1) is 24.1. The standard InChI is InChI=1S/C22H24ClFN2O5/c1-15-13-16(23)4-9-19(15)30-12-2-3-22(29)31-14-21(28)26(11-10-20(25)27)18-7-5-17(24)6-8-18/h4-9,13H,2-3,10-12,14H2,1H3,(H2,25,27). The molecule has 0 radical (unpaired) electrons. The van der Waals surface area contributed by atoms with E-state index >= 15 is 0 Å². The Balaban J connectivity index is 1.80. The number of amides is 2. The number of esters is 1. The molecule has 2 rings (SSSR count). The second kappa shape index (κ2) is 11.9. The first-order valence-corrected chi connectivity index (χ1v) is 10.0. The minimum Gasteiger partial charge on any atom is -0.493 e. The van der Waals surface area contributed by atoms with Crippen LogP contribution >= 0.6 is 11.6 Å². The maximum Gasteiger partial charge on any atom is 0.306 e. The zero-order valence-electron chi connectivity index (χ0n) is 17.1. The third-order valence-corrected chi connectivity index (χ3v) is 4.53. The van der Waals surface area contributed by atoms with E-state index in [2.05, 4.69) is 0 Å². The zero-order chi connectivity index (χ0) is 22.8. The lowest BCUT2D eigenvalue weighted by molar-refractivity contribution is -0.148. The molecule has 7 nitrogen and oxygen atoms in total. The number of ether oxygens (including phenoxy) is 2. The molecule has 2 aromatic rings. The second-order valence-electron chi connectivity index (χ2n) is 6.76. The third-order valence-electron chi connectivity index (χ3n) is 4.30. The van der Waals surface area contributed by atoms with E-state index in [9.17, 15) is 18.8 Å². The smallest absolute Gasteiger partial charge is 0.306 e. The number of primary amides is 1. The van der Waals surface area contributed by atoms with Crippen LogP contribution in [-0.2, 0) is 19.1 Å². The van der Waals surface area contributed by atoms with Crippen LogP contribution in [0.5, 0.6) is 5.75 Å². The van der Waals surface area contributed by atoms with Crippen LogP contribution in [0.2, 0.25) is 5.02 Å². The first-order valence-electron chi connectivity index (χ1n) is 9.65. The van der Waals surface area contributed by atoms with Crippen molar-refractivity contribution < 1.29 is 28.2 Å². The van der Waals surface area contributed by atoms with Crippen LogP contribution in [0.4, 0.5) is 10.1 Å². The summed E-state index contributed by atoms with van der Waals surface area (Å²) in [5.41, 5.74) is 6.41. The summed E-state index contributed by atoms with van der Waals surface area (Å²) >= 11 is 5.90. The van der Waals surface area contributed by atoms with Gasteiger partial charge >= 0.3 is 5.97 Å². The molecule has 0 unspecified atom stereocenters. The van der Waals surface area contributed by atoms with E-state index < -0.39 is 30.2 Å². The van der Waals surface area contributed by atoms with Crippen molar-refractivity contribution in [2.45, 2.75) is 26.2 Å². The van der Waals surface area contributed by atoms with Gasteiger partial charge in [0.2, 0.25) is 5.91 Å². The summed E-state index contributed by atoms with van der Waals surface area (Å²) in [5, 5.41) is 0.614. The van der Waals surface area contributed by atoms with Crippen molar-refractivity contribution in [3.05, 3.63) is 58.9 Å². The quantitative estimate of drug-likeness (QED) is 0.418. The Kier molecular flexibility index (Phi) is 9.27. The van der Waals surface area contributed by atoms with Crippen LogP contribution in [-0.4, -0.2) is 37.5 Å². The molecule has 0 aliphatic rings. The Bertz CT molecular complexity index is 921. The summed E-state index contributed by atoms with van der Waals surface area (Å²) in [6.45, 7) is 1.65. The lowest BCUT2D eigenvalue weighted by atomic mass is 10.2. The van der Waals surface area contributed by atoms with Gasteiger partial charge in [-0.3, -0.25) is 14.4 Å². The summed E-state index contributed by atoms with van der Waals surface area (Å²) in [6.07, 6.45) is 0.384. The molecule has 0 aliphatic carbocycles. The van der Waals surface area contributed by atoms with E-state index in [0.29, 0.717) is 29.5 Å². The number of benzene rings is 2. The maximum atomic E-state index is 13.2. The molecule has 0 heterocycles. The third kappa shape index (κ3) is 8.25. The predicted octanol–water partition coefficient (Wildman–Crippen LogP) is 3.40. The molecule has 166 valence electrons. The number of nitrogens with zero attached hydrogens (tertiary/aromatic N) is 1. The van der Waals surface area contributed by atoms with Crippen LogP contribution in [0.1, 0.15) is 24.8 Å². The number of hydrogen-bond acceptors (Lipinski definition) is 5. The molecule has 31 heavy (non-hydrogen) atoms. The molecular weight excluding hydrogens is 427 g/mol. The molecule has 0 atom stereocenters. The van der Waals surface area contributed by atoms with Gasteiger partial charge in [0.05, 0.1) is 6.61 Å². The fraction of sp³-hybridized carbons (Fsp3) is 0.318. The highest BCUT2D eigenvalue weighted by molar-refractivity contribution is 6.30. The Morgan fingerprint density at radius 1 is 1.10 bits per heavy atom. The summed E-state index contributed by atoms with van der Waals surface area (Å²) in [4.78, 5) is 36.8. The molecule has 2 aromatic carbocycles. The predicted molar refractivity (Wildman–Crippen MR) is 114 cm³/mol. The Hall–Kier alpha value is -3.13. The highest BCUT2D eigenvalue weighted by Gasteiger charge is 2.18. The molecule has 2 N–H and O–H groups in total. The van der Waals surface area contributed by atoms with E-state index in [4.69, 9.17) is 26.8 Å². The van der Waals surface area contributed by atoms with Gasteiger partial charge in [-0.25, -0.2) is 4.39 Å². The van der Waals surface area contributed by atoms with Gasteiger partial charge in [0.15, 0.2) is 6.61 Å². The van der Waals surface area contributed by atoms with Crippen molar-refractivity contribution >= 4 is 35.1 Å². The molecule has 0 saturated heterocycles. The summed E-state index contributed by atoms with van der Waals surface area (Å²) < 4.78 is 23.8. The molecule has 9 heteroatoms. The van der Waals surface area contributed by atoms with Crippen LogP contribution in [0, 0.1) is 12.7 Å². The second-order valence-corrected chi connectivity index (χ2v) is 7.20. The monoisotopic (exact) mass is 450 g/mol. The van der Waals surface area contributed by atoms with Gasteiger partial charge in [-0.1, -0.05) is 11.6 Å². The highest BCUT2D eigenvalue weighted by atomic mass is 35.5. The fourth-order valence-electron chi connectivity index (χ4n) is 2.71. The summed E-state index contributed by atoms with van der Waals surface area (Å²) in [6, 6.07) is 10.4. The molecule has 0 aromatic heterocycles. The van der Waals surface area contributed by atoms with Gasteiger partial charge in [-0.2, -0.15) is 0 Å². The van der Waals surface area contributed by atoms with E-state index in [0.717, 1.165) is 5.56 Å². The van der Waals surface area contributed by atoms with Crippen molar-refractivity contribution in [3.8, 4) is 5.75 Å². The van der Waals surface area contributed by atoms with E-state index in [1.807, 2.05) is 6.92 Å². The summed E-state index contributed by atoms with van der Waals surface area (Å²) in [5.74, 6) is -1.48. The van der Waals surface area contributed by atoms with Gasteiger partial charge < -0.3 is 20.1 Å². The molecule has 0 aliphatic heterocycles. The molecular formula is C22H24ClFN2O5. The largest absolute Gasteiger partial charge is 0.493 e. The topological polar surface area (TPSA) is 98.9 Å². The van der Waals surface area contributed by atoms with Crippen molar-refractivity contribution in [2.24, 2.45) is 5.73 Å². The molecule has 0 fully saturated rings. The van der Waals surface area contributed by atoms with Crippen LogP contribution < -0.4 is 15.4 Å². The molecule has 0 bridgehead atoms. The average Bonchev–Trinajstić information content (AvgIpc) is 2.72. The Morgan fingerprint density at radius 3 is 2.45 bits per heavy atom. The highest BCUT2D eigenvalue weighted by Crippen LogP contribution is 2.22. The maximum absolute atomic E-state index is 13.2. The number of halogens is 2. The average molecular weight is 451 g/mol. The van der Waals surface area contributed by atoms with Gasteiger partial charge in [0.25, 0.3) is 5.91 Å². The van der Waals surface area contributed by atoms with Gasteiger partial charge in [-0.15, -0.1) is 0 Å². The number of carbonyl (C=O) groups is 3. The lowest BCUT2D eigenvalue weighted by Crippen LogP contribution is -2.37. The van der Waals surface area contributed by atoms with Crippen LogP contribution in [0.15, 0.2) is 42.5 Å². The minimum atomic E-state index is -0.590. The Labute approximate surface area is 184 Å². The number of carbonyl (C=O) groups excluding carboxylic acids is 3. The number of anilines is 1. The van der Waals surface area contributed by atoms with E-state index in [1.54, 1.807) is 18.2 Å². The van der Waals surface area contributed by atoms with Crippen molar-refractivity contribution in [2.75, 3.05) is 24.7 Å². The van der Waals surface area contributed by atoms with Crippen LogP contribution in [0.25, 0.3) is 0 Å². The number of rotatable bonds is 11. The van der Waals surface area contributed by atoms with Gasteiger partial charge in [0.1, 0.15) is 11.6 Å². The molecule has 0 saturated carbocycles. The summed E-state index contributed by atoms with van der Waals surface area (Å²) in [7, 11) is 0. The first-order chi connectivity index (χ1) is 14.8. The molecule has 2 amide bonds. The van der Waals surface area contributed by atoms with Crippen molar-refractivity contribution in [3.63, 3.8) is 0 Å². The van der Waals surface area contributed by atoms with Gasteiger partial charge in [-0.05, 0) is 61.4 Å². The SMILES string of the molecule is Cc1cc(Cl)ccc1OCCCC(=O)OCC(=O)N(CCC(N)=O)c1ccc(F)cc1. The number of aryl methyl sites for hydroxylation is 1. The zero-order valence-corrected chi connectivity index (χ0v) is 17.9. The minimum absolute atomic E-state index is 0.00830. The fourth-order valence-corrected chi connectivity index (χ4v) is 2.93. The number of hydrogen-bond donors (Lipinski definition) is 1. The Morgan fingerprint density at radius 2 is 1.81 bits per heavy atom. The lowest BCUT2D eigenvalue weighted by Gasteiger charge is -2.22. The number of nitrogens with two attached hydrogens (primary N) is 1. The molecule has 0 spiro atoms. The van der Waals surface area contributed by atoms with Crippen molar-refractivity contribution in [1.82, 2.24) is 0 Å². The van der Waals surface area contributed by atoms with E-state index in [1.165, 1.54) is 29.2 Å². The van der Waals surface area contributed by atoms with Crippen LogP contribution in [0.3, 0.4) is 0 Å². The van der Waals surface area contributed by atoms with Gasteiger partial charge in [0, 0.05) is 30.1 Å². The van der Waals surface area contributed by atoms with Crippen molar-refractivity contribution in [1.29, 1.82) is 0 Å².